The summed E-state index contributed by atoms with van der Waals surface area (Å²) < 4.78 is 17.6. The predicted octanol–water partition coefficient (Wildman–Crippen LogP) is 2.82. The van der Waals surface area contributed by atoms with Crippen LogP contribution >= 0.6 is 0 Å². The monoisotopic (exact) mass is 378 g/mol. The van der Waals surface area contributed by atoms with Crippen LogP contribution in [0.15, 0.2) is 30.3 Å². The van der Waals surface area contributed by atoms with E-state index in [9.17, 15) is 4.21 Å². The Morgan fingerprint density at radius 1 is 1.15 bits per heavy atom. The molecule has 3 rings (SSSR count). The van der Waals surface area contributed by atoms with Crippen molar-refractivity contribution in [1.29, 1.82) is 0 Å². The molecule has 26 heavy (non-hydrogen) atoms. The highest BCUT2D eigenvalue weighted by Crippen LogP contribution is 2.34. The molecule has 1 saturated heterocycles. The molecule has 2 fully saturated rings. The molecule has 1 aromatic carbocycles. The van der Waals surface area contributed by atoms with Gasteiger partial charge in [-0.05, 0) is 56.6 Å². The molecule has 1 saturated carbocycles. The van der Waals surface area contributed by atoms with Gasteiger partial charge in [-0.1, -0.05) is 30.3 Å². The summed E-state index contributed by atoms with van der Waals surface area (Å²) in [7, 11) is -0.722. The van der Waals surface area contributed by atoms with Gasteiger partial charge >= 0.3 is 0 Å². The maximum Gasteiger partial charge on any atom is 0.0638 e. The number of ether oxygens (including phenoxy) is 1. The van der Waals surface area contributed by atoms with Crippen molar-refractivity contribution in [3.63, 3.8) is 0 Å². The molecule has 4 nitrogen and oxygen atoms in total. The third-order valence-electron chi connectivity index (χ3n) is 5.84. The Bertz CT molecular complexity index is 546. The molecule has 146 valence electrons. The van der Waals surface area contributed by atoms with Crippen LogP contribution in [0.2, 0.25) is 0 Å². The van der Waals surface area contributed by atoms with Crippen molar-refractivity contribution in [2.75, 3.05) is 31.7 Å². The Morgan fingerprint density at radius 3 is 2.65 bits per heavy atom. The molecule has 2 aliphatic rings. The Balaban J connectivity index is 1.39. The van der Waals surface area contributed by atoms with Crippen molar-refractivity contribution in [1.82, 2.24) is 10.6 Å². The number of benzene rings is 1. The lowest BCUT2D eigenvalue weighted by atomic mass is 9.83. The van der Waals surface area contributed by atoms with Crippen LogP contribution in [0.1, 0.15) is 50.0 Å². The number of nitrogens with one attached hydrogen (secondary N) is 2. The van der Waals surface area contributed by atoms with Gasteiger partial charge in [0, 0.05) is 41.4 Å². The fourth-order valence-corrected chi connectivity index (χ4v) is 4.69. The van der Waals surface area contributed by atoms with Crippen molar-refractivity contribution in [2.45, 2.75) is 62.6 Å². The van der Waals surface area contributed by atoms with Crippen LogP contribution in [0.4, 0.5) is 0 Å². The van der Waals surface area contributed by atoms with Crippen molar-refractivity contribution in [3.05, 3.63) is 35.9 Å². The van der Waals surface area contributed by atoms with E-state index in [1.807, 2.05) is 0 Å². The quantitative estimate of drug-likeness (QED) is 0.730. The second kappa shape index (κ2) is 10.5. The number of rotatable bonds is 8. The SMILES string of the molecule is CS(=O)CCN[C@H]1CCCN[C@H]1COC1CCC(c2ccccc2)CC1. The van der Waals surface area contributed by atoms with E-state index in [2.05, 4.69) is 41.0 Å². The van der Waals surface area contributed by atoms with Crippen LogP contribution in [0.3, 0.4) is 0 Å². The fourth-order valence-electron chi connectivity index (χ4n) is 4.29. The van der Waals surface area contributed by atoms with Gasteiger partial charge in [0.15, 0.2) is 0 Å². The lowest BCUT2D eigenvalue weighted by Crippen LogP contribution is -2.55. The van der Waals surface area contributed by atoms with Crippen LogP contribution in [0.5, 0.6) is 0 Å². The third-order valence-corrected chi connectivity index (χ3v) is 6.62. The summed E-state index contributed by atoms with van der Waals surface area (Å²) in [4.78, 5) is 0. The van der Waals surface area contributed by atoms with Gasteiger partial charge in [-0.3, -0.25) is 4.21 Å². The van der Waals surface area contributed by atoms with Gasteiger partial charge in [-0.2, -0.15) is 0 Å². The molecule has 0 radical (unpaired) electrons. The predicted molar refractivity (Wildman–Crippen MR) is 109 cm³/mol. The standard InChI is InChI=1S/C21H34N2O2S/c1-26(24)15-14-23-20-8-5-13-22-21(20)16-25-19-11-9-18(10-12-19)17-6-3-2-4-7-17/h2-4,6-7,18-23H,5,8-16H2,1H3/t18?,19?,20-,21-,26?/m0/s1. The normalized spacial score (nSPS) is 30.8. The van der Waals surface area contributed by atoms with Crippen LogP contribution < -0.4 is 10.6 Å². The van der Waals surface area contributed by atoms with Crippen LogP contribution in [-0.4, -0.2) is 54.1 Å². The van der Waals surface area contributed by atoms with Crippen LogP contribution in [0.25, 0.3) is 0 Å². The summed E-state index contributed by atoms with van der Waals surface area (Å²) in [5, 5.41) is 7.20. The van der Waals surface area contributed by atoms with Crippen molar-refractivity contribution < 1.29 is 8.95 Å². The highest BCUT2D eigenvalue weighted by molar-refractivity contribution is 7.84. The van der Waals surface area contributed by atoms with Crippen molar-refractivity contribution in [3.8, 4) is 0 Å². The summed E-state index contributed by atoms with van der Waals surface area (Å²) in [5.74, 6) is 1.43. The number of hydrogen-bond acceptors (Lipinski definition) is 4. The molecule has 2 N–H and O–H groups in total. The number of piperidine rings is 1. The first-order valence-electron chi connectivity index (χ1n) is 10.2. The zero-order valence-corrected chi connectivity index (χ0v) is 16.8. The largest absolute Gasteiger partial charge is 0.377 e. The maximum atomic E-state index is 11.3. The van der Waals surface area contributed by atoms with E-state index >= 15 is 0 Å². The van der Waals surface area contributed by atoms with Crippen molar-refractivity contribution >= 4 is 10.8 Å². The van der Waals surface area contributed by atoms with Crippen LogP contribution in [-0.2, 0) is 15.5 Å². The zero-order valence-electron chi connectivity index (χ0n) is 16.0. The van der Waals surface area contributed by atoms with E-state index in [4.69, 9.17) is 4.74 Å². The molecule has 1 aliphatic carbocycles. The van der Waals surface area contributed by atoms with Gasteiger partial charge in [0.05, 0.1) is 12.7 Å². The highest BCUT2D eigenvalue weighted by Gasteiger charge is 2.27. The lowest BCUT2D eigenvalue weighted by molar-refractivity contribution is 0.00392. The minimum atomic E-state index is -0.722. The second-order valence-electron chi connectivity index (χ2n) is 7.76. The van der Waals surface area contributed by atoms with E-state index in [0.29, 0.717) is 24.1 Å². The molecule has 0 amide bonds. The topological polar surface area (TPSA) is 50.4 Å². The first-order valence-corrected chi connectivity index (χ1v) is 11.9. The molecule has 3 atom stereocenters. The summed E-state index contributed by atoms with van der Waals surface area (Å²) in [6.45, 7) is 2.69. The van der Waals surface area contributed by atoms with Crippen molar-refractivity contribution in [2.24, 2.45) is 0 Å². The van der Waals surface area contributed by atoms with E-state index in [1.54, 1.807) is 6.26 Å². The molecule has 0 bridgehead atoms. The molecule has 1 unspecified atom stereocenters. The molecular formula is C21H34N2O2S. The highest BCUT2D eigenvalue weighted by atomic mass is 32.2. The Hall–Kier alpha value is -0.750. The minimum Gasteiger partial charge on any atom is -0.377 e. The van der Waals surface area contributed by atoms with E-state index in [0.717, 1.165) is 25.4 Å². The van der Waals surface area contributed by atoms with E-state index < -0.39 is 10.8 Å². The Kier molecular flexibility index (Phi) is 8.11. The van der Waals surface area contributed by atoms with Gasteiger partial charge < -0.3 is 15.4 Å². The van der Waals surface area contributed by atoms with Gasteiger partial charge in [0.2, 0.25) is 0 Å². The average molecular weight is 379 g/mol. The third kappa shape index (κ3) is 6.15. The molecular weight excluding hydrogens is 344 g/mol. The zero-order chi connectivity index (χ0) is 18.2. The maximum absolute atomic E-state index is 11.3. The smallest absolute Gasteiger partial charge is 0.0638 e. The summed E-state index contributed by atoms with van der Waals surface area (Å²) in [6, 6.07) is 11.7. The summed E-state index contributed by atoms with van der Waals surface area (Å²) in [6.07, 6.45) is 9.35. The minimum absolute atomic E-state index is 0.376. The Morgan fingerprint density at radius 2 is 1.92 bits per heavy atom. The molecule has 5 heteroatoms. The summed E-state index contributed by atoms with van der Waals surface area (Å²) >= 11 is 0. The number of hydrogen-bond donors (Lipinski definition) is 2. The molecule has 1 aromatic rings. The van der Waals surface area contributed by atoms with E-state index in [-0.39, 0.29) is 0 Å². The fraction of sp³-hybridized carbons (Fsp3) is 0.714. The van der Waals surface area contributed by atoms with Gasteiger partial charge in [0.1, 0.15) is 0 Å². The van der Waals surface area contributed by atoms with Gasteiger partial charge in [0.25, 0.3) is 0 Å². The van der Waals surface area contributed by atoms with Crippen LogP contribution in [0, 0.1) is 0 Å². The Labute approximate surface area is 160 Å². The molecule has 1 aliphatic heterocycles. The average Bonchev–Trinajstić information content (AvgIpc) is 2.68. The van der Waals surface area contributed by atoms with Gasteiger partial charge in [-0.15, -0.1) is 0 Å². The van der Waals surface area contributed by atoms with Gasteiger partial charge in [-0.25, -0.2) is 0 Å². The van der Waals surface area contributed by atoms with E-state index in [1.165, 1.54) is 44.1 Å². The molecule has 1 heterocycles. The molecule has 0 aromatic heterocycles. The first kappa shape index (κ1) is 20.0. The summed E-state index contributed by atoms with van der Waals surface area (Å²) in [5.41, 5.74) is 1.48. The second-order valence-corrected chi connectivity index (χ2v) is 9.31. The first-order chi connectivity index (χ1) is 12.7. The molecule has 0 spiro atoms. The lowest BCUT2D eigenvalue weighted by Gasteiger charge is -2.35.